The lowest BCUT2D eigenvalue weighted by atomic mass is 10.00. The zero-order chi connectivity index (χ0) is 19.4. The molecule has 0 fully saturated rings. The summed E-state index contributed by atoms with van der Waals surface area (Å²) >= 11 is 1.79. The number of allylic oxidation sites excluding steroid dienone is 4. The molecule has 142 valence electrons. The zero-order valence-corrected chi connectivity index (χ0v) is 17.5. The smallest absolute Gasteiger partial charge is 0.344 e. The third kappa shape index (κ3) is 4.84. The van der Waals surface area contributed by atoms with Gasteiger partial charge in [-0.05, 0) is 65.5 Å². The number of hydrogen-bond acceptors (Lipinski definition) is 3. The Hall–Kier alpha value is -2.00. The van der Waals surface area contributed by atoms with E-state index in [9.17, 15) is 4.79 Å². The summed E-state index contributed by atoms with van der Waals surface area (Å²) in [5.41, 5.74) is 3.94. The first kappa shape index (κ1) is 19.8. The van der Waals surface area contributed by atoms with Crippen LogP contribution in [-0.2, 0) is 0 Å². The van der Waals surface area contributed by atoms with Gasteiger partial charge in [0.1, 0.15) is 5.58 Å². The fourth-order valence-corrected chi connectivity index (χ4v) is 4.71. The average Bonchev–Trinajstić information content (AvgIpc) is 2.61. The number of hydrogen-bond donors (Lipinski definition) is 0. The molecule has 0 aliphatic carbocycles. The van der Waals surface area contributed by atoms with E-state index in [1.165, 1.54) is 11.1 Å². The summed E-state index contributed by atoms with van der Waals surface area (Å²) in [6, 6.07) is 7.81. The van der Waals surface area contributed by atoms with Crippen molar-refractivity contribution in [3.05, 3.63) is 69.6 Å². The molecule has 0 radical (unpaired) electrons. The molecule has 2 aromatic rings. The van der Waals surface area contributed by atoms with Crippen molar-refractivity contribution in [3.8, 4) is 0 Å². The van der Waals surface area contributed by atoms with Crippen LogP contribution in [0.4, 0.5) is 0 Å². The summed E-state index contributed by atoms with van der Waals surface area (Å²) in [5.74, 6) is 0. The van der Waals surface area contributed by atoms with Gasteiger partial charge in [-0.3, -0.25) is 0 Å². The molecule has 0 saturated carbocycles. The Morgan fingerprint density at radius 1 is 1.15 bits per heavy atom. The second-order valence-electron chi connectivity index (χ2n) is 7.79. The Kier molecular flexibility index (Phi) is 6.11. The minimum Gasteiger partial charge on any atom is -0.422 e. The van der Waals surface area contributed by atoms with Crippen LogP contribution >= 0.6 is 11.8 Å². The second-order valence-corrected chi connectivity index (χ2v) is 9.33. The third-order valence-electron chi connectivity index (χ3n) is 4.96. The van der Waals surface area contributed by atoms with Gasteiger partial charge in [0.05, 0.1) is 5.56 Å². The first-order valence-electron chi connectivity index (χ1n) is 9.61. The Morgan fingerprint density at radius 2 is 1.93 bits per heavy atom. The summed E-state index contributed by atoms with van der Waals surface area (Å²) in [7, 11) is 0. The molecule has 1 unspecified atom stereocenters. The molecule has 2 heterocycles. The number of benzene rings is 1. The Balaban J connectivity index is 1.73. The van der Waals surface area contributed by atoms with Gasteiger partial charge < -0.3 is 4.42 Å². The molecule has 1 aromatic carbocycles. The van der Waals surface area contributed by atoms with E-state index >= 15 is 0 Å². The van der Waals surface area contributed by atoms with Crippen molar-refractivity contribution in [2.75, 3.05) is 0 Å². The van der Waals surface area contributed by atoms with Gasteiger partial charge in [-0.1, -0.05) is 47.6 Å². The maximum atomic E-state index is 12.3. The highest BCUT2D eigenvalue weighted by Crippen LogP contribution is 2.45. The zero-order valence-electron chi connectivity index (χ0n) is 16.7. The van der Waals surface area contributed by atoms with Crippen molar-refractivity contribution < 1.29 is 4.42 Å². The number of rotatable bonds is 6. The van der Waals surface area contributed by atoms with Gasteiger partial charge in [0.25, 0.3) is 0 Å². The average molecular weight is 381 g/mol. The van der Waals surface area contributed by atoms with E-state index in [1.807, 2.05) is 30.3 Å². The summed E-state index contributed by atoms with van der Waals surface area (Å²) in [6.45, 7) is 8.77. The van der Waals surface area contributed by atoms with Gasteiger partial charge in [0.2, 0.25) is 0 Å². The minimum atomic E-state index is -0.246. The Labute approximate surface area is 166 Å². The van der Waals surface area contributed by atoms with Crippen molar-refractivity contribution in [3.63, 3.8) is 0 Å². The maximum absolute atomic E-state index is 12.3. The van der Waals surface area contributed by atoms with Crippen LogP contribution in [0.25, 0.3) is 17.0 Å². The first-order chi connectivity index (χ1) is 12.9. The van der Waals surface area contributed by atoms with E-state index in [4.69, 9.17) is 4.42 Å². The van der Waals surface area contributed by atoms with Crippen molar-refractivity contribution in [2.24, 2.45) is 0 Å². The summed E-state index contributed by atoms with van der Waals surface area (Å²) in [4.78, 5) is 13.3. The van der Waals surface area contributed by atoms with Crippen molar-refractivity contribution in [2.45, 2.75) is 63.0 Å². The fourth-order valence-electron chi connectivity index (χ4n) is 3.35. The molecule has 0 N–H and O–H groups in total. The lowest BCUT2D eigenvalue weighted by molar-refractivity contribution is 0.554. The topological polar surface area (TPSA) is 30.2 Å². The van der Waals surface area contributed by atoms with Crippen LogP contribution in [-0.4, -0.2) is 4.75 Å². The SMILES string of the molecule is CC(C)=CCC/C(C)=C/CCC1(C)C=Cc2c(c3ccccc3oc2=O)S1. The molecule has 1 aliphatic rings. The van der Waals surface area contributed by atoms with Gasteiger partial charge in [-0.15, -0.1) is 11.8 Å². The van der Waals surface area contributed by atoms with Crippen LogP contribution in [0.15, 0.2) is 67.7 Å². The molecular formula is C24H28O2S. The van der Waals surface area contributed by atoms with Crippen molar-refractivity contribution in [1.82, 2.24) is 0 Å². The lowest BCUT2D eigenvalue weighted by Gasteiger charge is -2.29. The molecule has 27 heavy (non-hydrogen) atoms. The van der Waals surface area contributed by atoms with Gasteiger partial charge in [0.15, 0.2) is 0 Å². The predicted molar refractivity (Wildman–Crippen MR) is 117 cm³/mol. The van der Waals surface area contributed by atoms with Gasteiger partial charge >= 0.3 is 5.63 Å². The van der Waals surface area contributed by atoms with Crippen LogP contribution in [0.1, 0.15) is 58.9 Å². The number of para-hydroxylation sites is 1. The molecule has 0 bridgehead atoms. The minimum absolute atomic E-state index is 0.0136. The lowest BCUT2D eigenvalue weighted by Crippen LogP contribution is -2.21. The highest BCUT2D eigenvalue weighted by molar-refractivity contribution is 8.01. The second kappa shape index (κ2) is 8.35. The molecule has 1 aromatic heterocycles. The summed E-state index contributed by atoms with van der Waals surface area (Å²) < 4.78 is 5.45. The molecule has 0 saturated heterocycles. The van der Waals surface area contributed by atoms with Crippen LogP contribution in [0.5, 0.6) is 0 Å². The number of thioether (sulfide) groups is 1. The molecule has 3 rings (SSSR count). The van der Waals surface area contributed by atoms with E-state index in [1.54, 1.807) is 11.8 Å². The van der Waals surface area contributed by atoms with Gasteiger partial charge in [0, 0.05) is 15.0 Å². The Bertz CT molecular complexity index is 974. The molecule has 1 atom stereocenters. The van der Waals surface area contributed by atoms with Crippen LogP contribution in [0.3, 0.4) is 0 Å². The van der Waals surface area contributed by atoms with E-state index in [-0.39, 0.29) is 10.4 Å². The summed E-state index contributed by atoms with van der Waals surface area (Å²) in [6.07, 6.45) is 13.1. The van der Waals surface area contributed by atoms with Gasteiger partial charge in [-0.25, -0.2) is 4.79 Å². The van der Waals surface area contributed by atoms with E-state index in [0.29, 0.717) is 11.1 Å². The predicted octanol–water partition coefficient (Wildman–Crippen LogP) is 7.14. The molecule has 0 amide bonds. The summed E-state index contributed by atoms with van der Waals surface area (Å²) in [5, 5.41) is 1.03. The standard InChI is InChI=1S/C24H28O2S/c1-17(2)9-7-10-18(3)11-8-15-24(4)16-14-20-22(27-24)19-12-5-6-13-21(19)26-23(20)25/h5-6,9,11-14,16H,7-8,10,15H2,1-4H3/b18-11+. The highest BCUT2D eigenvalue weighted by atomic mass is 32.2. The van der Waals surface area contributed by atoms with Gasteiger partial charge in [-0.2, -0.15) is 0 Å². The fraction of sp³-hybridized carbons (Fsp3) is 0.375. The molecule has 1 aliphatic heterocycles. The van der Waals surface area contributed by atoms with E-state index in [0.717, 1.165) is 36.0 Å². The van der Waals surface area contributed by atoms with Crippen LogP contribution < -0.4 is 5.63 Å². The third-order valence-corrected chi connectivity index (χ3v) is 6.41. The monoisotopic (exact) mass is 380 g/mol. The molecule has 0 spiro atoms. The quantitative estimate of drug-likeness (QED) is 0.394. The van der Waals surface area contributed by atoms with Crippen LogP contribution in [0, 0.1) is 0 Å². The van der Waals surface area contributed by atoms with Crippen LogP contribution in [0.2, 0.25) is 0 Å². The molecule has 3 heteroatoms. The Morgan fingerprint density at radius 3 is 2.70 bits per heavy atom. The maximum Gasteiger partial charge on any atom is 0.344 e. The van der Waals surface area contributed by atoms with Crippen molar-refractivity contribution in [1.29, 1.82) is 0 Å². The highest BCUT2D eigenvalue weighted by Gasteiger charge is 2.29. The van der Waals surface area contributed by atoms with Crippen molar-refractivity contribution >= 4 is 28.8 Å². The normalized spacial score (nSPS) is 19.2. The number of fused-ring (bicyclic) bond motifs is 3. The van der Waals surface area contributed by atoms with E-state index in [2.05, 4.69) is 45.9 Å². The van der Waals surface area contributed by atoms with E-state index < -0.39 is 0 Å². The largest absolute Gasteiger partial charge is 0.422 e. The molecular weight excluding hydrogens is 352 g/mol. The molecule has 2 nitrogen and oxygen atoms in total. The first-order valence-corrected chi connectivity index (χ1v) is 10.4.